The SMILES string of the molecule is COC(=O)C(C)Nc1cc(OC)c(N)cc1F. The summed E-state index contributed by atoms with van der Waals surface area (Å²) in [6.07, 6.45) is 0. The molecule has 1 unspecified atom stereocenters. The average molecular weight is 242 g/mol. The summed E-state index contributed by atoms with van der Waals surface area (Å²) in [6, 6.07) is 1.86. The van der Waals surface area contributed by atoms with Crippen molar-refractivity contribution in [2.24, 2.45) is 0 Å². The fourth-order valence-corrected chi connectivity index (χ4v) is 1.33. The first kappa shape index (κ1) is 13.1. The van der Waals surface area contributed by atoms with Gasteiger partial charge in [-0.15, -0.1) is 0 Å². The number of nitrogen functional groups attached to an aromatic ring is 1. The molecular formula is C11H15FN2O3. The zero-order valence-corrected chi connectivity index (χ0v) is 9.91. The van der Waals surface area contributed by atoms with Gasteiger partial charge in [0.2, 0.25) is 0 Å². The van der Waals surface area contributed by atoms with E-state index >= 15 is 0 Å². The van der Waals surface area contributed by atoms with E-state index in [1.54, 1.807) is 6.92 Å². The highest BCUT2D eigenvalue weighted by Crippen LogP contribution is 2.28. The van der Waals surface area contributed by atoms with Gasteiger partial charge < -0.3 is 20.5 Å². The zero-order chi connectivity index (χ0) is 13.0. The Hall–Kier alpha value is -1.98. The molecule has 0 bridgehead atoms. The summed E-state index contributed by atoms with van der Waals surface area (Å²) in [6.45, 7) is 1.56. The number of methoxy groups -OCH3 is 2. The number of esters is 1. The van der Waals surface area contributed by atoms with Gasteiger partial charge in [-0.2, -0.15) is 0 Å². The van der Waals surface area contributed by atoms with Gasteiger partial charge in [0.1, 0.15) is 17.6 Å². The molecule has 0 saturated heterocycles. The van der Waals surface area contributed by atoms with Crippen LogP contribution in [0.25, 0.3) is 0 Å². The van der Waals surface area contributed by atoms with Crippen LogP contribution in [-0.4, -0.2) is 26.2 Å². The molecule has 0 aliphatic rings. The number of hydrogen-bond donors (Lipinski definition) is 2. The largest absolute Gasteiger partial charge is 0.495 e. The number of nitrogens with one attached hydrogen (secondary N) is 1. The minimum absolute atomic E-state index is 0.133. The average Bonchev–Trinajstić information content (AvgIpc) is 2.31. The van der Waals surface area contributed by atoms with Crippen LogP contribution in [-0.2, 0) is 9.53 Å². The van der Waals surface area contributed by atoms with Gasteiger partial charge in [-0.05, 0) is 6.92 Å². The molecule has 94 valence electrons. The standard InChI is InChI=1S/C11H15FN2O3/c1-6(11(15)17-3)14-9-5-10(16-2)8(13)4-7(9)12/h4-6,14H,13H2,1-3H3. The van der Waals surface area contributed by atoms with Crippen molar-refractivity contribution in [2.45, 2.75) is 13.0 Å². The van der Waals surface area contributed by atoms with Gasteiger partial charge in [0, 0.05) is 12.1 Å². The van der Waals surface area contributed by atoms with E-state index < -0.39 is 17.8 Å². The third-order valence-electron chi connectivity index (χ3n) is 2.25. The van der Waals surface area contributed by atoms with Gasteiger partial charge >= 0.3 is 5.97 Å². The van der Waals surface area contributed by atoms with Crippen molar-refractivity contribution in [1.29, 1.82) is 0 Å². The van der Waals surface area contributed by atoms with Crippen LogP contribution in [0, 0.1) is 5.82 Å². The number of carbonyl (C=O) groups is 1. The highest BCUT2D eigenvalue weighted by Gasteiger charge is 2.16. The van der Waals surface area contributed by atoms with E-state index in [1.165, 1.54) is 20.3 Å². The minimum Gasteiger partial charge on any atom is -0.495 e. The Morgan fingerprint density at radius 2 is 2.12 bits per heavy atom. The van der Waals surface area contributed by atoms with Crippen LogP contribution >= 0.6 is 0 Å². The molecule has 6 heteroatoms. The molecule has 0 spiro atoms. The van der Waals surface area contributed by atoms with Crippen LogP contribution in [0.4, 0.5) is 15.8 Å². The molecule has 0 fully saturated rings. The van der Waals surface area contributed by atoms with E-state index in [9.17, 15) is 9.18 Å². The molecule has 0 saturated carbocycles. The van der Waals surface area contributed by atoms with Crippen molar-refractivity contribution in [1.82, 2.24) is 0 Å². The van der Waals surface area contributed by atoms with E-state index in [0.717, 1.165) is 6.07 Å². The highest BCUT2D eigenvalue weighted by molar-refractivity contribution is 5.79. The first-order valence-corrected chi connectivity index (χ1v) is 4.97. The third kappa shape index (κ3) is 2.99. The molecule has 1 atom stereocenters. The summed E-state index contributed by atoms with van der Waals surface area (Å²) in [4.78, 5) is 11.2. The lowest BCUT2D eigenvalue weighted by atomic mass is 10.2. The summed E-state index contributed by atoms with van der Waals surface area (Å²) in [5.74, 6) is -0.704. The van der Waals surface area contributed by atoms with Crippen LogP contribution in [0.2, 0.25) is 0 Å². The van der Waals surface area contributed by atoms with Gasteiger partial charge in [-0.3, -0.25) is 0 Å². The third-order valence-corrected chi connectivity index (χ3v) is 2.25. The summed E-state index contributed by atoms with van der Waals surface area (Å²) < 4.78 is 23.0. The number of ether oxygens (including phenoxy) is 2. The molecule has 1 aromatic rings. The molecule has 5 nitrogen and oxygen atoms in total. The Kier molecular flexibility index (Phi) is 4.14. The lowest BCUT2D eigenvalue weighted by molar-refractivity contribution is -0.141. The molecule has 0 heterocycles. The molecule has 0 aromatic heterocycles. The van der Waals surface area contributed by atoms with Crippen LogP contribution in [0.5, 0.6) is 5.75 Å². The van der Waals surface area contributed by atoms with Crippen molar-refractivity contribution in [3.63, 3.8) is 0 Å². The Labute approximate surface area is 98.7 Å². The maximum absolute atomic E-state index is 13.5. The Morgan fingerprint density at radius 3 is 2.65 bits per heavy atom. The maximum atomic E-state index is 13.5. The van der Waals surface area contributed by atoms with Crippen molar-refractivity contribution in [3.8, 4) is 5.75 Å². The molecule has 1 rings (SSSR count). The van der Waals surface area contributed by atoms with Gasteiger partial charge in [0.05, 0.1) is 25.6 Å². The topological polar surface area (TPSA) is 73.6 Å². The van der Waals surface area contributed by atoms with E-state index in [0.29, 0.717) is 5.75 Å². The van der Waals surface area contributed by atoms with E-state index in [1.807, 2.05) is 0 Å². The zero-order valence-electron chi connectivity index (χ0n) is 9.91. The number of hydrogen-bond acceptors (Lipinski definition) is 5. The molecule has 1 aromatic carbocycles. The number of carbonyl (C=O) groups excluding carboxylic acids is 1. The lowest BCUT2D eigenvalue weighted by Gasteiger charge is -2.15. The monoisotopic (exact) mass is 242 g/mol. The maximum Gasteiger partial charge on any atom is 0.327 e. The highest BCUT2D eigenvalue weighted by atomic mass is 19.1. The predicted octanol–water partition coefficient (Wildman–Crippen LogP) is 1.39. The van der Waals surface area contributed by atoms with Crippen LogP contribution < -0.4 is 15.8 Å². The van der Waals surface area contributed by atoms with E-state index in [4.69, 9.17) is 10.5 Å². The Morgan fingerprint density at radius 1 is 1.47 bits per heavy atom. The van der Waals surface area contributed by atoms with E-state index in [2.05, 4.69) is 10.1 Å². The van der Waals surface area contributed by atoms with Crippen molar-refractivity contribution >= 4 is 17.3 Å². The summed E-state index contributed by atoms with van der Waals surface area (Å²) >= 11 is 0. The quantitative estimate of drug-likeness (QED) is 0.616. The molecule has 17 heavy (non-hydrogen) atoms. The second-order valence-corrected chi connectivity index (χ2v) is 3.46. The molecule has 3 N–H and O–H groups in total. The second-order valence-electron chi connectivity index (χ2n) is 3.46. The minimum atomic E-state index is -0.664. The fourth-order valence-electron chi connectivity index (χ4n) is 1.33. The van der Waals surface area contributed by atoms with Gasteiger partial charge in [-0.1, -0.05) is 0 Å². The second kappa shape index (κ2) is 5.38. The smallest absolute Gasteiger partial charge is 0.327 e. The molecular weight excluding hydrogens is 227 g/mol. The van der Waals surface area contributed by atoms with E-state index in [-0.39, 0.29) is 11.4 Å². The van der Waals surface area contributed by atoms with Gasteiger partial charge in [-0.25, -0.2) is 9.18 Å². The molecule has 0 aliphatic heterocycles. The van der Waals surface area contributed by atoms with Gasteiger partial charge in [0.25, 0.3) is 0 Å². The molecule has 0 aliphatic carbocycles. The number of halogens is 1. The number of nitrogens with two attached hydrogens (primary N) is 1. The van der Waals surface area contributed by atoms with Crippen LogP contribution in [0.3, 0.4) is 0 Å². The Balaban J connectivity index is 2.94. The predicted molar refractivity (Wildman–Crippen MR) is 62.5 cm³/mol. The first-order chi connectivity index (χ1) is 7.99. The molecule has 0 amide bonds. The fraction of sp³-hybridized carbons (Fsp3) is 0.364. The van der Waals surface area contributed by atoms with Crippen LogP contribution in [0.15, 0.2) is 12.1 Å². The van der Waals surface area contributed by atoms with Gasteiger partial charge in [0.15, 0.2) is 0 Å². The van der Waals surface area contributed by atoms with Crippen molar-refractivity contribution in [2.75, 3.05) is 25.3 Å². The summed E-state index contributed by atoms with van der Waals surface area (Å²) in [5.41, 5.74) is 5.86. The number of rotatable bonds is 4. The summed E-state index contributed by atoms with van der Waals surface area (Å²) in [7, 11) is 2.69. The number of benzene rings is 1. The lowest BCUT2D eigenvalue weighted by Crippen LogP contribution is -2.27. The normalized spacial score (nSPS) is 11.8. The molecule has 0 radical (unpaired) electrons. The first-order valence-electron chi connectivity index (χ1n) is 4.97. The van der Waals surface area contributed by atoms with Crippen LogP contribution in [0.1, 0.15) is 6.92 Å². The summed E-state index contributed by atoms with van der Waals surface area (Å²) in [5, 5.41) is 2.68. The Bertz CT molecular complexity index is 423. The van der Waals surface area contributed by atoms with Crippen molar-refractivity contribution in [3.05, 3.63) is 17.9 Å². The van der Waals surface area contributed by atoms with Crippen molar-refractivity contribution < 1.29 is 18.7 Å². The number of anilines is 2.